The number of hydrogen-bond donors (Lipinski definition) is 2. The standard InChI is InChI=1S/C27H30O2S/c28-26(22-14-8-3-9-15-22)16-17-30-23-18-24(20-10-4-1-5-11-20)27(29)25(19-23)21-12-6-2-7-13-21/h1-2,4-7,10-13,18-19,22,26,28-29H,3,8-9,14-17H2. The first kappa shape index (κ1) is 21.0. The van der Waals surface area contributed by atoms with Crippen molar-refractivity contribution in [3.63, 3.8) is 0 Å². The first-order valence-corrected chi connectivity index (χ1v) is 12.0. The van der Waals surface area contributed by atoms with Gasteiger partial charge >= 0.3 is 0 Å². The lowest BCUT2D eigenvalue weighted by molar-refractivity contribution is 0.0826. The van der Waals surface area contributed by atoms with Crippen LogP contribution in [0, 0.1) is 5.92 Å². The van der Waals surface area contributed by atoms with Crippen LogP contribution in [0.15, 0.2) is 77.7 Å². The van der Waals surface area contributed by atoms with Crippen LogP contribution in [0.25, 0.3) is 22.3 Å². The van der Waals surface area contributed by atoms with Crippen molar-refractivity contribution >= 4 is 11.8 Å². The molecule has 1 fully saturated rings. The highest BCUT2D eigenvalue weighted by molar-refractivity contribution is 7.99. The molecule has 0 amide bonds. The number of phenols is 1. The summed E-state index contributed by atoms with van der Waals surface area (Å²) in [5.41, 5.74) is 3.73. The second-order valence-electron chi connectivity index (χ2n) is 8.20. The van der Waals surface area contributed by atoms with Crippen molar-refractivity contribution in [3.05, 3.63) is 72.8 Å². The summed E-state index contributed by atoms with van der Waals surface area (Å²) in [6.45, 7) is 0. The highest BCUT2D eigenvalue weighted by atomic mass is 32.2. The molecule has 30 heavy (non-hydrogen) atoms. The van der Waals surface area contributed by atoms with Crippen molar-refractivity contribution in [1.82, 2.24) is 0 Å². The molecule has 0 saturated heterocycles. The van der Waals surface area contributed by atoms with Crippen LogP contribution in [0.3, 0.4) is 0 Å². The Morgan fingerprint density at radius 2 is 1.33 bits per heavy atom. The molecule has 0 bridgehead atoms. The van der Waals surface area contributed by atoms with E-state index in [9.17, 15) is 10.2 Å². The SMILES string of the molecule is Oc1c(-c2ccccc2)cc(SCCC(O)C2CCCCC2)cc1-c1ccccc1. The third-order valence-corrected chi connectivity index (χ3v) is 7.14. The predicted octanol–water partition coefficient (Wildman–Crippen LogP) is 7.15. The molecule has 3 aromatic carbocycles. The molecule has 1 unspecified atom stereocenters. The van der Waals surface area contributed by atoms with E-state index in [0.29, 0.717) is 11.7 Å². The molecule has 1 aliphatic rings. The molecule has 156 valence electrons. The van der Waals surface area contributed by atoms with Gasteiger partial charge < -0.3 is 10.2 Å². The summed E-state index contributed by atoms with van der Waals surface area (Å²) in [5, 5.41) is 21.7. The number of thioether (sulfide) groups is 1. The van der Waals surface area contributed by atoms with Gasteiger partial charge in [-0.2, -0.15) is 0 Å². The summed E-state index contributed by atoms with van der Waals surface area (Å²) in [4.78, 5) is 1.13. The Morgan fingerprint density at radius 1 is 0.800 bits per heavy atom. The van der Waals surface area contributed by atoms with E-state index in [-0.39, 0.29) is 6.10 Å². The number of benzene rings is 3. The molecule has 1 atom stereocenters. The molecule has 0 aromatic heterocycles. The van der Waals surface area contributed by atoms with Crippen LogP contribution in [-0.2, 0) is 0 Å². The summed E-state index contributed by atoms with van der Waals surface area (Å²) in [5.74, 6) is 1.67. The van der Waals surface area contributed by atoms with Crippen molar-refractivity contribution in [1.29, 1.82) is 0 Å². The van der Waals surface area contributed by atoms with Gasteiger partial charge in [0.2, 0.25) is 0 Å². The molecule has 1 aliphatic carbocycles. The predicted molar refractivity (Wildman–Crippen MR) is 127 cm³/mol. The minimum absolute atomic E-state index is 0.197. The second-order valence-corrected chi connectivity index (χ2v) is 9.37. The average molecular weight is 419 g/mol. The molecule has 1 saturated carbocycles. The number of aromatic hydroxyl groups is 1. The van der Waals surface area contributed by atoms with E-state index in [1.807, 2.05) is 60.7 Å². The maximum atomic E-state index is 11.1. The summed E-state index contributed by atoms with van der Waals surface area (Å²) in [6.07, 6.45) is 6.79. The third kappa shape index (κ3) is 5.08. The van der Waals surface area contributed by atoms with Gasteiger partial charge in [0.25, 0.3) is 0 Å². The largest absolute Gasteiger partial charge is 0.507 e. The molecule has 2 N–H and O–H groups in total. The highest BCUT2D eigenvalue weighted by Gasteiger charge is 2.21. The lowest BCUT2D eigenvalue weighted by Gasteiger charge is -2.26. The van der Waals surface area contributed by atoms with Gasteiger partial charge in [-0.25, -0.2) is 0 Å². The summed E-state index contributed by atoms with van der Waals surface area (Å²) < 4.78 is 0. The number of hydrogen-bond acceptors (Lipinski definition) is 3. The molecule has 0 aliphatic heterocycles. The van der Waals surface area contributed by atoms with E-state index in [0.717, 1.165) is 39.3 Å². The zero-order chi connectivity index (χ0) is 20.8. The molecule has 0 heterocycles. The van der Waals surface area contributed by atoms with E-state index < -0.39 is 0 Å². The molecule has 3 heteroatoms. The minimum Gasteiger partial charge on any atom is -0.507 e. The van der Waals surface area contributed by atoms with Gasteiger partial charge in [0.05, 0.1) is 6.10 Å². The first-order valence-electron chi connectivity index (χ1n) is 11.0. The van der Waals surface area contributed by atoms with Crippen LogP contribution in [0.1, 0.15) is 38.5 Å². The maximum Gasteiger partial charge on any atom is 0.131 e. The molecule has 0 radical (unpaired) electrons. The molecule has 4 rings (SSSR count). The third-order valence-electron chi connectivity index (χ3n) is 6.13. The van der Waals surface area contributed by atoms with Crippen molar-refractivity contribution in [2.75, 3.05) is 5.75 Å². The van der Waals surface area contributed by atoms with Crippen LogP contribution in [0.4, 0.5) is 0 Å². The fourth-order valence-electron chi connectivity index (χ4n) is 4.42. The Kier molecular flexibility index (Phi) is 7.14. The summed E-state index contributed by atoms with van der Waals surface area (Å²) in [6, 6.07) is 24.3. The Balaban J connectivity index is 1.56. The molecular formula is C27H30O2S. The lowest BCUT2D eigenvalue weighted by atomic mass is 9.84. The van der Waals surface area contributed by atoms with Gasteiger partial charge in [0, 0.05) is 21.8 Å². The van der Waals surface area contributed by atoms with Crippen LogP contribution < -0.4 is 0 Å². The van der Waals surface area contributed by atoms with E-state index in [2.05, 4.69) is 12.1 Å². The fourth-order valence-corrected chi connectivity index (χ4v) is 5.42. The van der Waals surface area contributed by atoms with E-state index >= 15 is 0 Å². The topological polar surface area (TPSA) is 40.5 Å². The van der Waals surface area contributed by atoms with Gasteiger partial charge in [-0.3, -0.25) is 0 Å². The van der Waals surface area contributed by atoms with Gasteiger partial charge in [-0.05, 0) is 48.4 Å². The Hall–Kier alpha value is -2.23. The van der Waals surface area contributed by atoms with Crippen LogP contribution >= 0.6 is 11.8 Å². The van der Waals surface area contributed by atoms with Crippen molar-refractivity contribution in [2.45, 2.75) is 49.5 Å². The van der Waals surface area contributed by atoms with Crippen molar-refractivity contribution in [3.8, 4) is 28.0 Å². The van der Waals surface area contributed by atoms with Crippen molar-refractivity contribution in [2.24, 2.45) is 5.92 Å². The smallest absolute Gasteiger partial charge is 0.131 e. The molecule has 2 nitrogen and oxygen atoms in total. The zero-order valence-corrected chi connectivity index (χ0v) is 18.2. The number of phenolic OH excluding ortho intramolecular Hbond substituents is 1. The quantitative estimate of drug-likeness (QED) is 0.400. The van der Waals surface area contributed by atoms with E-state index in [4.69, 9.17) is 0 Å². The Bertz CT molecular complexity index is 873. The highest BCUT2D eigenvalue weighted by Crippen LogP contribution is 2.41. The Labute approximate surface area is 184 Å². The van der Waals surface area contributed by atoms with Gasteiger partial charge in [0.1, 0.15) is 5.75 Å². The van der Waals surface area contributed by atoms with E-state index in [1.54, 1.807) is 11.8 Å². The fraction of sp³-hybridized carbons (Fsp3) is 0.333. The molecule has 3 aromatic rings. The van der Waals surface area contributed by atoms with Gasteiger partial charge in [0.15, 0.2) is 0 Å². The van der Waals surface area contributed by atoms with Gasteiger partial charge in [-0.1, -0.05) is 79.9 Å². The number of aliphatic hydroxyl groups excluding tert-OH is 1. The van der Waals surface area contributed by atoms with E-state index in [1.165, 1.54) is 32.1 Å². The minimum atomic E-state index is -0.197. The Morgan fingerprint density at radius 3 is 1.87 bits per heavy atom. The lowest BCUT2D eigenvalue weighted by Crippen LogP contribution is -2.23. The number of aliphatic hydroxyl groups is 1. The zero-order valence-electron chi connectivity index (χ0n) is 17.3. The van der Waals surface area contributed by atoms with Crippen LogP contribution in [0.2, 0.25) is 0 Å². The van der Waals surface area contributed by atoms with Crippen molar-refractivity contribution < 1.29 is 10.2 Å². The molecule has 0 spiro atoms. The summed E-state index contributed by atoms with van der Waals surface area (Å²) in [7, 11) is 0. The normalized spacial score (nSPS) is 15.8. The monoisotopic (exact) mass is 418 g/mol. The average Bonchev–Trinajstić information content (AvgIpc) is 2.81. The second kappa shape index (κ2) is 10.2. The number of rotatable bonds is 7. The van der Waals surface area contributed by atoms with Crippen LogP contribution in [-0.4, -0.2) is 22.1 Å². The molecular weight excluding hydrogens is 388 g/mol. The summed E-state index contributed by atoms with van der Waals surface area (Å²) >= 11 is 1.77. The first-order chi connectivity index (χ1) is 14.7. The van der Waals surface area contributed by atoms with Crippen LogP contribution in [0.5, 0.6) is 5.75 Å². The van der Waals surface area contributed by atoms with Gasteiger partial charge in [-0.15, -0.1) is 11.8 Å². The maximum absolute atomic E-state index is 11.1.